The molecule has 1 aromatic heterocycles. The molecule has 280 valence electrons. The first-order valence-electron chi connectivity index (χ1n) is 18.9. The Bertz CT molecular complexity index is 1940. The van der Waals surface area contributed by atoms with E-state index in [1.807, 2.05) is 56.0 Å². The lowest BCUT2D eigenvalue weighted by Gasteiger charge is -2.27. The summed E-state index contributed by atoms with van der Waals surface area (Å²) in [6.45, 7) is 10.7. The maximum Gasteiger partial charge on any atom is 0.407 e. The number of aromatic amines is 1. The van der Waals surface area contributed by atoms with Crippen molar-refractivity contribution in [3.8, 4) is 22.3 Å². The minimum absolute atomic E-state index is 0.0205. The quantitative estimate of drug-likeness (QED) is 0.131. The molecule has 0 spiro atoms. The number of nitrogens with zero attached hydrogens (tertiary/aromatic N) is 2. The van der Waals surface area contributed by atoms with Gasteiger partial charge < -0.3 is 30.6 Å². The number of imidazole rings is 1. The molecule has 0 radical (unpaired) electrons. The van der Waals surface area contributed by atoms with Crippen molar-refractivity contribution in [3.05, 3.63) is 78.1 Å². The van der Waals surface area contributed by atoms with Gasteiger partial charge >= 0.3 is 6.09 Å². The second-order valence-electron chi connectivity index (χ2n) is 15.2. The first kappa shape index (κ1) is 37.6. The topological polar surface area (TPSA) is 146 Å². The first-order valence-corrected chi connectivity index (χ1v) is 18.9. The summed E-state index contributed by atoms with van der Waals surface area (Å²) in [6, 6.07) is 20.9. The van der Waals surface area contributed by atoms with Gasteiger partial charge in [0, 0.05) is 30.1 Å². The summed E-state index contributed by atoms with van der Waals surface area (Å²) in [4.78, 5) is 61.7. The molecule has 0 bridgehead atoms. The monoisotopic (exact) mass is 720 g/mol. The fraction of sp³-hybridized carbons (Fsp3) is 0.452. The van der Waals surface area contributed by atoms with Crippen LogP contribution in [0.3, 0.4) is 0 Å². The van der Waals surface area contributed by atoms with Crippen molar-refractivity contribution >= 4 is 34.8 Å². The third-order valence-corrected chi connectivity index (χ3v) is 11.0. The Morgan fingerprint density at radius 2 is 1.38 bits per heavy atom. The predicted molar refractivity (Wildman–Crippen MR) is 206 cm³/mol. The van der Waals surface area contributed by atoms with Gasteiger partial charge in [0.1, 0.15) is 11.9 Å². The second kappa shape index (κ2) is 16.2. The summed E-state index contributed by atoms with van der Waals surface area (Å²) in [5.74, 6) is 0.709. The number of likely N-dealkylation sites (tertiary alicyclic amines) is 1. The van der Waals surface area contributed by atoms with Gasteiger partial charge in [-0.05, 0) is 90.5 Å². The standard InChI is InChI=1S/C42H52N6O5/c1-24(2)26(5)41(51)48-22-8-11-36(48)38-43-34-21-20-31(23-35(34)44-38)29-14-12-27(13-15-29)28-16-18-30(19-17-28)39(49)45-32-9-7-10-33(32)46-40(50)37(25(3)4)47-42(52)53-6/h12-21,23-26,32-33,36-37H,7-11,22H2,1-6H3,(H,43,44)(H,45,49)(H,46,50)(H,47,52)/t26-,32-,33-,36-,37-/m0/s1. The van der Waals surface area contributed by atoms with Gasteiger partial charge in [-0.25, -0.2) is 9.78 Å². The number of carbonyl (C=O) groups excluding carboxylic acids is 4. The van der Waals surface area contributed by atoms with E-state index in [1.54, 1.807) is 0 Å². The summed E-state index contributed by atoms with van der Waals surface area (Å²) in [5, 5.41) is 8.75. The number of aromatic nitrogens is 2. The molecule has 3 aromatic carbocycles. The lowest BCUT2D eigenvalue weighted by atomic mass is 9.96. The molecule has 5 atom stereocenters. The van der Waals surface area contributed by atoms with Gasteiger partial charge in [-0.1, -0.05) is 77.1 Å². The molecule has 1 saturated heterocycles. The van der Waals surface area contributed by atoms with Gasteiger partial charge in [-0.3, -0.25) is 14.4 Å². The average molecular weight is 721 g/mol. The summed E-state index contributed by atoms with van der Waals surface area (Å²) in [7, 11) is 1.26. The number of amides is 4. The number of rotatable bonds is 11. The number of carbonyl (C=O) groups is 4. The molecule has 0 unspecified atom stereocenters. The van der Waals surface area contributed by atoms with Crippen LogP contribution >= 0.6 is 0 Å². The molecule has 53 heavy (non-hydrogen) atoms. The number of ether oxygens (including phenoxy) is 1. The molecule has 2 aliphatic rings. The molecule has 11 nitrogen and oxygen atoms in total. The van der Waals surface area contributed by atoms with Gasteiger partial charge in [0.15, 0.2) is 0 Å². The van der Waals surface area contributed by atoms with Gasteiger partial charge in [-0.15, -0.1) is 0 Å². The van der Waals surface area contributed by atoms with Crippen molar-refractivity contribution in [2.45, 2.75) is 90.9 Å². The fourth-order valence-corrected chi connectivity index (χ4v) is 7.45. The van der Waals surface area contributed by atoms with Gasteiger partial charge in [0.2, 0.25) is 11.8 Å². The van der Waals surface area contributed by atoms with E-state index in [0.29, 0.717) is 11.5 Å². The third kappa shape index (κ3) is 8.40. The van der Waals surface area contributed by atoms with Crippen molar-refractivity contribution < 1.29 is 23.9 Å². The number of benzene rings is 3. The second-order valence-corrected chi connectivity index (χ2v) is 15.2. The molecule has 1 saturated carbocycles. The molecule has 4 amide bonds. The van der Waals surface area contributed by atoms with Crippen molar-refractivity contribution in [3.63, 3.8) is 0 Å². The SMILES string of the molecule is COC(=O)N[C@H](C(=O)N[C@H]1CCC[C@@H]1NC(=O)c1ccc(-c2ccc(-c3ccc4nc([C@@H]5CCCN5C(=O)[C@@H](C)C(C)C)[nH]c4c3)cc2)cc1)C(C)C. The number of alkyl carbamates (subject to hydrolysis) is 1. The van der Waals surface area contributed by atoms with Crippen molar-refractivity contribution in [1.82, 2.24) is 30.8 Å². The van der Waals surface area contributed by atoms with Crippen LogP contribution in [0.4, 0.5) is 4.79 Å². The van der Waals surface area contributed by atoms with Crippen molar-refractivity contribution in [2.75, 3.05) is 13.7 Å². The fourth-order valence-electron chi connectivity index (χ4n) is 7.45. The number of H-pyrrole nitrogens is 1. The Balaban J connectivity index is 1.08. The Hall–Kier alpha value is -5.19. The smallest absolute Gasteiger partial charge is 0.407 e. The highest BCUT2D eigenvalue weighted by molar-refractivity contribution is 5.95. The van der Waals surface area contributed by atoms with Crippen LogP contribution in [0.1, 0.15) is 88.9 Å². The van der Waals surface area contributed by atoms with E-state index in [-0.39, 0.29) is 47.7 Å². The number of nitrogens with one attached hydrogen (secondary N) is 4. The van der Waals surface area contributed by atoms with Crippen molar-refractivity contribution in [2.24, 2.45) is 17.8 Å². The Morgan fingerprint density at radius 3 is 2.00 bits per heavy atom. The Kier molecular flexibility index (Phi) is 11.5. The van der Waals surface area contributed by atoms with E-state index in [2.05, 4.69) is 75.9 Å². The molecule has 2 fully saturated rings. The summed E-state index contributed by atoms with van der Waals surface area (Å²) in [5.41, 5.74) is 6.56. The van der Waals surface area contributed by atoms with Crippen LogP contribution in [0, 0.1) is 17.8 Å². The third-order valence-electron chi connectivity index (χ3n) is 11.0. The zero-order valence-corrected chi connectivity index (χ0v) is 31.6. The number of hydrogen-bond donors (Lipinski definition) is 4. The summed E-state index contributed by atoms with van der Waals surface area (Å²) >= 11 is 0. The molecule has 4 N–H and O–H groups in total. The lowest BCUT2D eigenvalue weighted by Crippen LogP contribution is -2.55. The molecule has 6 rings (SSSR count). The van der Waals surface area contributed by atoms with Crippen LogP contribution in [0.2, 0.25) is 0 Å². The van der Waals surface area contributed by atoms with E-state index >= 15 is 0 Å². The van der Waals surface area contributed by atoms with Gasteiger partial charge in [-0.2, -0.15) is 0 Å². The average Bonchev–Trinajstić information content (AvgIpc) is 3.93. The Labute approximate surface area is 311 Å². The molecular weight excluding hydrogens is 668 g/mol. The summed E-state index contributed by atoms with van der Waals surface area (Å²) < 4.78 is 4.68. The Morgan fingerprint density at radius 1 is 0.774 bits per heavy atom. The van der Waals surface area contributed by atoms with Crippen LogP contribution in [-0.4, -0.2) is 70.5 Å². The summed E-state index contributed by atoms with van der Waals surface area (Å²) in [6.07, 6.45) is 3.60. The molecule has 2 heterocycles. The van der Waals surface area contributed by atoms with Crippen LogP contribution in [0.5, 0.6) is 0 Å². The molecular formula is C42H52N6O5. The van der Waals surface area contributed by atoms with Crippen molar-refractivity contribution in [1.29, 1.82) is 0 Å². The highest BCUT2D eigenvalue weighted by atomic mass is 16.5. The van der Waals surface area contributed by atoms with E-state index in [4.69, 9.17) is 4.98 Å². The maximum atomic E-state index is 13.3. The molecule has 1 aliphatic heterocycles. The number of fused-ring (bicyclic) bond motifs is 1. The van der Waals surface area contributed by atoms with E-state index in [1.165, 1.54) is 7.11 Å². The molecule has 11 heteroatoms. The van der Waals surface area contributed by atoms with Crippen LogP contribution in [0.25, 0.3) is 33.3 Å². The maximum absolute atomic E-state index is 13.3. The lowest BCUT2D eigenvalue weighted by molar-refractivity contribution is -0.137. The molecule has 4 aromatic rings. The van der Waals surface area contributed by atoms with Crippen LogP contribution in [-0.2, 0) is 14.3 Å². The first-order chi connectivity index (χ1) is 25.4. The largest absolute Gasteiger partial charge is 0.453 e. The zero-order valence-electron chi connectivity index (χ0n) is 31.6. The van der Waals surface area contributed by atoms with Gasteiger partial charge in [0.25, 0.3) is 5.91 Å². The predicted octanol–water partition coefficient (Wildman–Crippen LogP) is 7.00. The van der Waals surface area contributed by atoms with Gasteiger partial charge in [0.05, 0.1) is 24.2 Å². The van der Waals surface area contributed by atoms with E-state index in [0.717, 1.165) is 77.8 Å². The normalized spacial score (nSPS) is 19.7. The minimum atomic E-state index is -0.736. The highest BCUT2D eigenvalue weighted by Gasteiger charge is 2.36. The highest BCUT2D eigenvalue weighted by Crippen LogP contribution is 2.35. The minimum Gasteiger partial charge on any atom is -0.453 e. The molecule has 1 aliphatic carbocycles. The van der Waals surface area contributed by atoms with E-state index < -0.39 is 12.1 Å². The number of methoxy groups -OCH3 is 1. The zero-order chi connectivity index (χ0) is 37.8. The van der Waals surface area contributed by atoms with Crippen LogP contribution < -0.4 is 16.0 Å². The van der Waals surface area contributed by atoms with Crippen LogP contribution in [0.15, 0.2) is 66.7 Å². The number of hydrogen-bond acceptors (Lipinski definition) is 6. The van der Waals surface area contributed by atoms with E-state index in [9.17, 15) is 19.2 Å².